The standard InChI is InChI=1S/C20H20F3NO4S/c1-29(27,28)15-5-2-13(3-6-15)16-8-19(11-25,12-26)9-17(16)14-4-7-18(24-10-14)20(21,22)23/h2-7,10,25-26H,8-9,11-12H2,1H3. The molecular weight excluding hydrogens is 407 g/mol. The molecule has 1 aromatic heterocycles. The molecule has 9 heteroatoms. The number of hydrogen-bond acceptors (Lipinski definition) is 5. The summed E-state index contributed by atoms with van der Waals surface area (Å²) in [5.41, 5.74) is 0.689. The Bertz CT molecular complexity index is 1020. The lowest BCUT2D eigenvalue weighted by molar-refractivity contribution is -0.141. The average Bonchev–Trinajstić information content (AvgIpc) is 3.07. The van der Waals surface area contributed by atoms with Crippen molar-refractivity contribution < 1.29 is 31.8 Å². The molecule has 0 fully saturated rings. The molecule has 5 nitrogen and oxygen atoms in total. The zero-order valence-corrected chi connectivity index (χ0v) is 16.4. The number of nitrogens with zero attached hydrogens (tertiary/aromatic N) is 1. The highest BCUT2D eigenvalue weighted by atomic mass is 32.2. The van der Waals surface area contributed by atoms with Crippen LogP contribution in [0.4, 0.5) is 13.2 Å². The van der Waals surface area contributed by atoms with Gasteiger partial charge in [0.25, 0.3) is 0 Å². The number of aliphatic hydroxyl groups excluding tert-OH is 2. The third-order valence-electron chi connectivity index (χ3n) is 5.17. The van der Waals surface area contributed by atoms with Crippen LogP contribution in [0, 0.1) is 5.41 Å². The number of pyridine rings is 1. The van der Waals surface area contributed by atoms with Gasteiger partial charge in [-0.15, -0.1) is 0 Å². The second-order valence-electron chi connectivity index (χ2n) is 7.35. The van der Waals surface area contributed by atoms with Gasteiger partial charge in [-0.2, -0.15) is 13.2 Å². The fourth-order valence-electron chi connectivity index (χ4n) is 3.50. The lowest BCUT2D eigenvalue weighted by Gasteiger charge is -2.24. The van der Waals surface area contributed by atoms with E-state index in [4.69, 9.17) is 0 Å². The van der Waals surface area contributed by atoms with Crippen LogP contribution >= 0.6 is 0 Å². The largest absolute Gasteiger partial charge is 0.433 e. The first kappa shape index (κ1) is 21.5. The average molecular weight is 427 g/mol. The van der Waals surface area contributed by atoms with Crippen LogP contribution in [0.15, 0.2) is 47.5 Å². The molecule has 2 aromatic rings. The van der Waals surface area contributed by atoms with Gasteiger partial charge in [-0.25, -0.2) is 8.42 Å². The first-order valence-electron chi connectivity index (χ1n) is 8.77. The molecule has 3 rings (SSSR count). The maximum Gasteiger partial charge on any atom is 0.433 e. The Labute approximate surface area is 166 Å². The zero-order valence-electron chi connectivity index (χ0n) is 15.6. The van der Waals surface area contributed by atoms with E-state index in [9.17, 15) is 31.8 Å². The van der Waals surface area contributed by atoms with Crippen LogP contribution in [-0.2, 0) is 16.0 Å². The minimum Gasteiger partial charge on any atom is -0.396 e. The van der Waals surface area contributed by atoms with E-state index < -0.39 is 27.1 Å². The number of sulfone groups is 1. The van der Waals surface area contributed by atoms with Crippen LogP contribution in [0.3, 0.4) is 0 Å². The quantitative estimate of drug-likeness (QED) is 0.765. The Balaban J connectivity index is 2.08. The van der Waals surface area contributed by atoms with Gasteiger partial charge < -0.3 is 10.2 Å². The summed E-state index contributed by atoms with van der Waals surface area (Å²) in [6, 6.07) is 8.37. The smallest absolute Gasteiger partial charge is 0.396 e. The van der Waals surface area contributed by atoms with E-state index in [0.717, 1.165) is 24.1 Å². The van der Waals surface area contributed by atoms with E-state index in [1.54, 1.807) is 12.1 Å². The first-order valence-corrected chi connectivity index (χ1v) is 10.7. The molecule has 1 heterocycles. The van der Waals surface area contributed by atoms with E-state index >= 15 is 0 Å². The van der Waals surface area contributed by atoms with E-state index in [2.05, 4.69) is 4.98 Å². The summed E-state index contributed by atoms with van der Waals surface area (Å²) >= 11 is 0. The van der Waals surface area contributed by atoms with Crippen molar-refractivity contribution in [3.8, 4) is 0 Å². The molecule has 0 spiro atoms. The van der Waals surface area contributed by atoms with Crippen molar-refractivity contribution >= 4 is 21.0 Å². The second kappa shape index (κ2) is 7.55. The van der Waals surface area contributed by atoms with E-state index in [1.165, 1.54) is 18.2 Å². The number of benzene rings is 1. The van der Waals surface area contributed by atoms with Crippen LogP contribution in [0.2, 0.25) is 0 Å². The number of aliphatic hydroxyl groups is 2. The molecule has 1 aromatic carbocycles. The molecule has 156 valence electrons. The molecule has 0 bridgehead atoms. The molecule has 1 aliphatic rings. The molecule has 0 saturated carbocycles. The number of halogens is 3. The van der Waals surface area contributed by atoms with Crippen LogP contribution in [-0.4, -0.2) is 43.1 Å². The first-order chi connectivity index (χ1) is 13.5. The van der Waals surface area contributed by atoms with Gasteiger partial charge in [0.15, 0.2) is 9.84 Å². The van der Waals surface area contributed by atoms with Gasteiger partial charge in [0.1, 0.15) is 5.69 Å². The maximum atomic E-state index is 12.8. The van der Waals surface area contributed by atoms with Crippen molar-refractivity contribution in [2.24, 2.45) is 5.41 Å². The van der Waals surface area contributed by atoms with Crippen molar-refractivity contribution in [2.75, 3.05) is 19.5 Å². The number of rotatable bonds is 5. The van der Waals surface area contributed by atoms with Gasteiger partial charge in [0.2, 0.25) is 0 Å². The van der Waals surface area contributed by atoms with Crippen molar-refractivity contribution in [1.82, 2.24) is 4.98 Å². The maximum absolute atomic E-state index is 12.8. The molecule has 0 unspecified atom stereocenters. The molecule has 1 aliphatic carbocycles. The van der Waals surface area contributed by atoms with Crippen molar-refractivity contribution in [3.05, 3.63) is 59.4 Å². The molecule has 0 radical (unpaired) electrons. The monoisotopic (exact) mass is 427 g/mol. The van der Waals surface area contributed by atoms with Crippen LogP contribution < -0.4 is 0 Å². The summed E-state index contributed by atoms with van der Waals surface area (Å²) in [6.07, 6.45) is -1.76. The summed E-state index contributed by atoms with van der Waals surface area (Å²) in [5, 5.41) is 19.6. The minimum absolute atomic E-state index is 0.146. The Kier molecular flexibility index (Phi) is 5.59. The SMILES string of the molecule is CS(=O)(=O)c1ccc(C2=C(c3ccc(C(F)(F)F)nc3)CC(CO)(CO)C2)cc1. The third-order valence-corrected chi connectivity index (χ3v) is 6.30. The van der Waals surface area contributed by atoms with Crippen LogP contribution in [0.5, 0.6) is 0 Å². The molecule has 0 saturated heterocycles. The third kappa shape index (κ3) is 4.36. The Morgan fingerprint density at radius 2 is 1.48 bits per heavy atom. The van der Waals surface area contributed by atoms with Crippen LogP contribution in [0.25, 0.3) is 11.1 Å². The lowest BCUT2D eigenvalue weighted by atomic mass is 9.84. The predicted molar refractivity (Wildman–Crippen MR) is 101 cm³/mol. The molecular formula is C20H20F3NO4S. The lowest BCUT2D eigenvalue weighted by Crippen LogP contribution is -2.27. The number of alkyl halides is 3. The van der Waals surface area contributed by atoms with Crippen molar-refractivity contribution in [2.45, 2.75) is 23.9 Å². The topological polar surface area (TPSA) is 87.5 Å². The highest BCUT2D eigenvalue weighted by Gasteiger charge is 2.39. The Morgan fingerprint density at radius 3 is 1.90 bits per heavy atom. The molecule has 0 atom stereocenters. The van der Waals surface area contributed by atoms with Gasteiger partial charge >= 0.3 is 6.18 Å². The summed E-state index contributed by atoms with van der Waals surface area (Å²) in [4.78, 5) is 3.65. The summed E-state index contributed by atoms with van der Waals surface area (Å²) in [5.74, 6) is 0. The highest BCUT2D eigenvalue weighted by molar-refractivity contribution is 7.90. The number of hydrogen-bond donors (Lipinski definition) is 2. The second-order valence-corrected chi connectivity index (χ2v) is 9.37. The van der Waals surface area contributed by atoms with Gasteiger partial charge in [-0.05, 0) is 53.3 Å². The fraction of sp³-hybridized carbons (Fsp3) is 0.350. The van der Waals surface area contributed by atoms with E-state index in [-0.39, 0.29) is 24.5 Å². The van der Waals surface area contributed by atoms with Gasteiger partial charge in [-0.1, -0.05) is 18.2 Å². The number of aromatic nitrogens is 1. The fourth-order valence-corrected chi connectivity index (χ4v) is 4.13. The van der Waals surface area contributed by atoms with Crippen LogP contribution in [0.1, 0.15) is 29.7 Å². The van der Waals surface area contributed by atoms with Gasteiger partial charge in [0.05, 0.1) is 18.1 Å². The Hall–Kier alpha value is -2.23. The van der Waals surface area contributed by atoms with Crippen molar-refractivity contribution in [3.63, 3.8) is 0 Å². The summed E-state index contributed by atoms with van der Waals surface area (Å²) in [6.45, 7) is -0.599. The normalized spacial score (nSPS) is 17.0. The number of allylic oxidation sites excluding steroid dienone is 2. The van der Waals surface area contributed by atoms with E-state index in [1.807, 2.05) is 0 Å². The molecule has 29 heavy (non-hydrogen) atoms. The molecule has 0 amide bonds. The molecule has 0 aliphatic heterocycles. The predicted octanol–water partition coefficient (Wildman–Crippen LogP) is 3.18. The zero-order chi connectivity index (χ0) is 21.4. The molecule has 2 N–H and O–H groups in total. The minimum atomic E-state index is -4.55. The highest BCUT2D eigenvalue weighted by Crippen LogP contribution is 2.49. The van der Waals surface area contributed by atoms with Crippen molar-refractivity contribution in [1.29, 1.82) is 0 Å². The van der Waals surface area contributed by atoms with E-state index in [0.29, 0.717) is 23.1 Å². The van der Waals surface area contributed by atoms with Gasteiger partial charge in [-0.3, -0.25) is 4.98 Å². The Morgan fingerprint density at radius 1 is 0.966 bits per heavy atom. The summed E-state index contributed by atoms with van der Waals surface area (Å²) < 4.78 is 61.8. The van der Waals surface area contributed by atoms with Gasteiger partial charge in [0, 0.05) is 17.9 Å². The summed E-state index contributed by atoms with van der Waals surface area (Å²) in [7, 11) is -3.37.